The highest BCUT2D eigenvalue weighted by Crippen LogP contribution is 2.31. The molecule has 15 heteroatoms. The Bertz CT molecular complexity index is 2270. The first kappa shape index (κ1) is 32.1. The first-order chi connectivity index (χ1) is 23.0. The van der Waals surface area contributed by atoms with Crippen molar-refractivity contribution in [1.82, 2.24) is 49.8 Å². The molecule has 7 rings (SSSR count). The van der Waals surface area contributed by atoms with Gasteiger partial charge in [0.05, 0.1) is 35.3 Å². The summed E-state index contributed by atoms with van der Waals surface area (Å²) in [6, 6.07) is 13.2. The Balaban J connectivity index is 0.000000168. The van der Waals surface area contributed by atoms with E-state index < -0.39 is 29.1 Å². The predicted octanol–water partition coefficient (Wildman–Crippen LogP) is 6.53. The molecule has 0 fully saturated rings. The normalized spacial score (nSPS) is 11.5. The number of Topliss-reactive ketones (excluding diaryl/α,β-unsaturated/α-hetero) is 1. The van der Waals surface area contributed by atoms with E-state index in [4.69, 9.17) is 0 Å². The number of aromatic nitrogens is 10. The number of nitrogens with one attached hydrogen (secondary N) is 1. The minimum absolute atomic E-state index is 0.0891. The molecule has 5 aromatic heterocycles. The number of fused-ring (bicyclic) bond motifs is 2. The highest BCUT2D eigenvalue weighted by atomic mass is 19.1. The van der Waals surface area contributed by atoms with Crippen LogP contribution >= 0.6 is 0 Å². The van der Waals surface area contributed by atoms with Gasteiger partial charge in [-0.1, -0.05) is 27.7 Å². The Morgan fingerprint density at radius 1 is 0.708 bits per heavy atom. The predicted molar refractivity (Wildman–Crippen MR) is 167 cm³/mol. The summed E-state index contributed by atoms with van der Waals surface area (Å²) in [4.78, 5) is 12.2. The van der Waals surface area contributed by atoms with Gasteiger partial charge in [-0.15, -0.1) is 20.4 Å². The first-order valence-electron chi connectivity index (χ1n) is 14.9. The van der Waals surface area contributed by atoms with Crippen LogP contribution in [0.5, 0.6) is 0 Å². The lowest BCUT2D eigenvalue weighted by Gasteiger charge is -2.06. The number of benzene rings is 2. The Labute approximate surface area is 270 Å². The number of hydrogen-bond donors (Lipinski definition) is 1. The van der Waals surface area contributed by atoms with Crippen molar-refractivity contribution in [2.75, 3.05) is 0 Å². The van der Waals surface area contributed by atoms with Gasteiger partial charge < -0.3 is 0 Å². The van der Waals surface area contributed by atoms with Crippen LogP contribution < -0.4 is 0 Å². The van der Waals surface area contributed by atoms with E-state index in [9.17, 15) is 22.4 Å². The van der Waals surface area contributed by atoms with Crippen molar-refractivity contribution in [2.24, 2.45) is 0 Å². The SMILES string of the molecule is CC(C)c1nnc2ccc(-c3cn[nH]c3-c3ccc(F)cc3F)nn12.CC(C)c1nnc2ccc(CC(=O)c3ccc(F)cc3F)nn12. The topological polar surface area (TPSA) is 132 Å². The highest BCUT2D eigenvalue weighted by Gasteiger charge is 2.19. The molecule has 0 atom stereocenters. The molecule has 11 nitrogen and oxygen atoms in total. The Hall–Kier alpha value is -5.86. The molecule has 5 heterocycles. The summed E-state index contributed by atoms with van der Waals surface area (Å²) in [6.07, 6.45) is 1.47. The summed E-state index contributed by atoms with van der Waals surface area (Å²) >= 11 is 0. The van der Waals surface area contributed by atoms with Crippen molar-refractivity contribution >= 4 is 17.1 Å². The monoisotopic (exact) mass is 656 g/mol. The summed E-state index contributed by atoms with van der Waals surface area (Å²) in [7, 11) is 0. The Morgan fingerprint density at radius 3 is 1.94 bits per heavy atom. The number of halogens is 4. The minimum atomic E-state index is -0.872. The zero-order chi connectivity index (χ0) is 34.1. The molecule has 1 N–H and O–H groups in total. The third kappa shape index (κ3) is 6.38. The second-order valence-electron chi connectivity index (χ2n) is 11.5. The van der Waals surface area contributed by atoms with Crippen LogP contribution in [0.4, 0.5) is 17.6 Å². The average molecular weight is 657 g/mol. The highest BCUT2D eigenvalue weighted by molar-refractivity contribution is 5.97. The van der Waals surface area contributed by atoms with Crippen molar-refractivity contribution in [3.05, 3.63) is 113 Å². The largest absolute Gasteiger partial charge is 0.294 e. The number of ketones is 1. The van der Waals surface area contributed by atoms with E-state index in [0.29, 0.717) is 45.8 Å². The van der Waals surface area contributed by atoms with Gasteiger partial charge in [0.2, 0.25) is 0 Å². The van der Waals surface area contributed by atoms with Crippen LogP contribution in [-0.2, 0) is 6.42 Å². The molecule has 2 aromatic carbocycles. The fourth-order valence-corrected chi connectivity index (χ4v) is 4.96. The molecule has 48 heavy (non-hydrogen) atoms. The van der Waals surface area contributed by atoms with Crippen molar-refractivity contribution in [3.63, 3.8) is 0 Å². The number of aromatic amines is 1. The van der Waals surface area contributed by atoms with Crippen molar-refractivity contribution in [2.45, 2.75) is 46.0 Å². The van der Waals surface area contributed by atoms with Gasteiger partial charge >= 0.3 is 0 Å². The zero-order valence-electron chi connectivity index (χ0n) is 26.2. The number of H-pyrrole nitrogens is 1. The molecule has 0 saturated carbocycles. The Morgan fingerprint density at radius 2 is 1.31 bits per heavy atom. The van der Waals surface area contributed by atoms with Crippen LogP contribution in [0.2, 0.25) is 0 Å². The summed E-state index contributed by atoms with van der Waals surface area (Å²) in [5.41, 5.74) is 3.38. The van der Waals surface area contributed by atoms with Crippen LogP contribution in [0, 0.1) is 23.3 Å². The van der Waals surface area contributed by atoms with E-state index in [1.54, 1.807) is 39.5 Å². The lowest BCUT2D eigenvalue weighted by Crippen LogP contribution is -2.10. The van der Waals surface area contributed by atoms with Gasteiger partial charge in [-0.25, -0.2) is 17.6 Å². The first-order valence-corrected chi connectivity index (χ1v) is 14.9. The molecule has 0 aliphatic carbocycles. The van der Waals surface area contributed by atoms with Gasteiger partial charge in [0, 0.05) is 35.1 Å². The van der Waals surface area contributed by atoms with Gasteiger partial charge in [0.25, 0.3) is 0 Å². The Kier molecular flexibility index (Phi) is 8.76. The lowest BCUT2D eigenvalue weighted by atomic mass is 10.1. The van der Waals surface area contributed by atoms with E-state index in [0.717, 1.165) is 24.0 Å². The molecule has 0 spiro atoms. The van der Waals surface area contributed by atoms with Crippen molar-refractivity contribution in [1.29, 1.82) is 0 Å². The van der Waals surface area contributed by atoms with Crippen LogP contribution in [0.3, 0.4) is 0 Å². The third-order valence-corrected chi connectivity index (χ3v) is 7.35. The van der Waals surface area contributed by atoms with Crippen LogP contribution in [0.25, 0.3) is 33.8 Å². The standard InChI is InChI=1S/C17H14F2N6.C16H14F2N4O/c1-9(2)17-23-21-15-6-5-14(24-25(15)17)12-8-20-22-16(12)11-4-3-10(18)7-13(11)19;1-9(2)16-20-19-15-6-4-11(21-22(15)16)8-14(23)12-5-3-10(17)7-13(12)18/h3-9H,1-2H3,(H,20,22);3-7,9H,8H2,1-2H3. The van der Waals surface area contributed by atoms with Crippen LogP contribution in [-0.4, -0.2) is 55.6 Å². The molecule has 0 saturated heterocycles. The second kappa shape index (κ2) is 13.1. The minimum Gasteiger partial charge on any atom is -0.294 e. The van der Waals surface area contributed by atoms with E-state index in [1.807, 2.05) is 27.7 Å². The third-order valence-electron chi connectivity index (χ3n) is 7.35. The summed E-state index contributed by atoms with van der Waals surface area (Å²) in [5.74, 6) is -1.67. The van der Waals surface area contributed by atoms with Crippen molar-refractivity contribution in [3.8, 4) is 22.5 Å². The number of carbonyl (C=O) groups excluding carboxylic acids is 1. The van der Waals surface area contributed by atoms with E-state index in [2.05, 4.69) is 40.8 Å². The summed E-state index contributed by atoms with van der Waals surface area (Å²) in [6.45, 7) is 7.93. The van der Waals surface area contributed by atoms with Gasteiger partial charge in [-0.05, 0) is 48.5 Å². The summed E-state index contributed by atoms with van der Waals surface area (Å²) < 4.78 is 57.2. The smallest absolute Gasteiger partial charge is 0.177 e. The van der Waals surface area contributed by atoms with E-state index in [-0.39, 0.29) is 29.4 Å². The van der Waals surface area contributed by atoms with Crippen LogP contribution in [0.15, 0.2) is 66.9 Å². The molecule has 0 aliphatic heterocycles. The number of carbonyl (C=O) groups is 1. The second-order valence-corrected chi connectivity index (χ2v) is 11.5. The van der Waals surface area contributed by atoms with Crippen molar-refractivity contribution < 1.29 is 22.4 Å². The molecule has 244 valence electrons. The fraction of sp³-hybridized carbons (Fsp3) is 0.212. The lowest BCUT2D eigenvalue weighted by molar-refractivity contribution is 0.0987. The number of nitrogens with zero attached hydrogens (tertiary/aromatic N) is 9. The average Bonchev–Trinajstić information content (AvgIpc) is 3.79. The molecule has 0 radical (unpaired) electrons. The molecular formula is C33H28F4N10O. The van der Waals surface area contributed by atoms with E-state index in [1.165, 1.54) is 12.1 Å². The zero-order valence-corrected chi connectivity index (χ0v) is 26.2. The number of hydrogen-bond acceptors (Lipinski definition) is 8. The molecule has 0 aliphatic rings. The maximum absolute atomic E-state index is 14.1. The maximum atomic E-state index is 14.1. The molecule has 0 amide bonds. The van der Waals surface area contributed by atoms with Gasteiger partial charge in [-0.2, -0.15) is 24.3 Å². The maximum Gasteiger partial charge on any atom is 0.177 e. The van der Waals surface area contributed by atoms with Gasteiger partial charge in [0.1, 0.15) is 23.3 Å². The summed E-state index contributed by atoms with van der Waals surface area (Å²) in [5, 5.41) is 32.0. The van der Waals surface area contributed by atoms with Gasteiger partial charge in [-0.3, -0.25) is 9.89 Å². The molecular weight excluding hydrogens is 628 g/mol. The molecule has 0 unspecified atom stereocenters. The van der Waals surface area contributed by atoms with E-state index >= 15 is 0 Å². The number of rotatable bonds is 7. The van der Waals surface area contributed by atoms with Crippen LogP contribution in [0.1, 0.15) is 67.2 Å². The fourth-order valence-electron chi connectivity index (χ4n) is 4.96. The molecule has 7 aromatic rings. The molecule has 0 bridgehead atoms. The van der Waals surface area contributed by atoms with Gasteiger partial charge in [0.15, 0.2) is 28.7 Å². The quantitative estimate of drug-likeness (QED) is 0.151.